The van der Waals surface area contributed by atoms with Crippen LogP contribution in [0.25, 0.3) is 0 Å². The second-order valence-corrected chi connectivity index (χ2v) is 5.75. The fourth-order valence-electron chi connectivity index (χ4n) is 3.15. The summed E-state index contributed by atoms with van der Waals surface area (Å²) in [5, 5.41) is 8.37. The zero-order chi connectivity index (χ0) is 14.4. The molecule has 1 aliphatic rings. The molecule has 20 heavy (non-hydrogen) atoms. The van der Waals surface area contributed by atoms with Gasteiger partial charge in [-0.2, -0.15) is 5.10 Å². The Morgan fingerprint density at radius 1 is 1.40 bits per heavy atom. The number of rotatable bonds is 7. The summed E-state index contributed by atoms with van der Waals surface area (Å²) < 4.78 is 7.79. The molecule has 114 valence electrons. The van der Waals surface area contributed by atoms with Crippen molar-refractivity contribution in [1.29, 1.82) is 0 Å². The van der Waals surface area contributed by atoms with Gasteiger partial charge in [-0.1, -0.05) is 20.8 Å². The Morgan fingerprint density at radius 3 is 2.90 bits per heavy atom. The van der Waals surface area contributed by atoms with Gasteiger partial charge in [0.2, 0.25) is 0 Å². The Labute approximate surface area is 122 Å². The summed E-state index contributed by atoms with van der Waals surface area (Å²) in [7, 11) is 0. The summed E-state index contributed by atoms with van der Waals surface area (Å²) in [5.41, 5.74) is 1.20. The predicted octanol–water partition coefficient (Wildman–Crippen LogP) is 2.80. The minimum absolute atomic E-state index is 0.538. The molecule has 2 atom stereocenters. The SMILES string of the molecule is CCNC1CCOCC1Cc1ccn(C(CC)CC)n1. The van der Waals surface area contributed by atoms with Gasteiger partial charge in [0.15, 0.2) is 0 Å². The van der Waals surface area contributed by atoms with Crippen LogP contribution < -0.4 is 5.32 Å². The number of aromatic nitrogens is 2. The Bertz CT molecular complexity index is 385. The quantitative estimate of drug-likeness (QED) is 0.834. The lowest BCUT2D eigenvalue weighted by Crippen LogP contribution is -2.43. The summed E-state index contributed by atoms with van der Waals surface area (Å²) in [4.78, 5) is 0. The van der Waals surface area contributed by atoms with Crippen LogP contribution in [0.4, 0.5) is 0 Å². The van der Waals surface area contributed by atoms with Crippen LogP contribution in [-0.4, -0.2) is 35.6 Å². The first kappa shape index (κ1) is 15.5. The van der Waals surface area contributed by atoms with Crippen LogP contribution in [0.2, 0.25) is 0 Å². The summed E-state index contributed by atoms with van der Waals surface area (Å²) in [6.07, 6.45) is 6.56. The molecule has 0 radical (unpaired) electrons. The van der Waals surface area contributed by atoms with Crippen molar-refractivity contribution >= 4 is 0 Å². The van der Waals surface area contributed by atoms with Gasteiger partial charge < -0.3 is 10.1 Å². The van der Waals surface area contributed by atoms with Gasteiger partial charge in [0.1, 0.15) is 0 Å². The molecule has 1 aromatic heterocycles. The van der Waals surface area contributed by atoms with E-state index in [9.17, 15) is 0 Å². The van der Waals surface area contributed by atoms with E-state index in [2.05, 4.69) is 43.0 Å². The van der Waals surface area contributed by atoms with Crippen LogP contribution in [0.1, 0.15) is 51.8 Å². The molecule has 0 aliphatic carbocycles. The third kappa shape index (κ3) is 3.83. The van der Waals surface area contributed by atoms with Crippen molar-refractivity contribution in [3.8, 4) is 0 Å². The second kappa shape index (κ2) is 7.79. The molecular formula is C16H29N3O. The monoisotopic (exact) mass is 279 g/mol. The molecule has 0 amide bonds. The first-order valence-electron chi connectivity index (χ1n) is 8.13. The average molecular weight is 279 g/mol. The number of hydrogen-bond donors (Lipinski definition) is 1. The molecule has 2 heterocycles. The van der Waals surface area contributed by atoms with Gasteiger partial charge in [0.05, 0.1) is 18.3 Å². The van der Waals surface area contributed by atoms with E-state index in [-0.39, 0.29) is 0 Å². The number of ether oxygens (including phenoxy) is 1. The van der Waals surface area contributed by atoms with E-state index in [1.54, 1.807) is 0 Å². The van der Waals surface area contributed by atoms with Gasteiger partial charge in [0, 0.05) is 24.8 Å². The van der Waals surface area contributed by atoms with Crippen LogP contribution in [0, 0.1) is 5.92 Å². The molecule has 0 spiro atoms. The van der Waals surface area contributed by atoms with E-state index >= 15 is 0 Å². The highest BCUT2D eigenvalue weighted by atomic mass is 16.5. The summed E-state index contributed by atoms with van der Waals surface area (Å²) in [6, 6.07) is 3.29. The van der Waals surface area contributed by atoms with E-state index in [4.69, 9.17) is 9.84 Å². The number of nitrogens with one attached hydrogen (secondary N) is 1. The van der Waals surface area contributed by atoms with Crippen LogP contribution in [0.5, 0.6) is 0 Å². The van der Waals surface area contributed by atoms with Gasteiger partial charge in [0.25, 0.3) is 0 Å². The number of nitrogens with zero attached hydrogens (tertiary/aromatic N) is 2. The molecule has 1 saturated heterocycles. The van der Waals surface area contributed by atoms with Gasteiger partial charge in [-0.05, 0) is 38.3 Å². The highest BCUT2D eigenvalue weighted by Crippen LogP contribution is 2.20. The summed E-state index contributed by atoms with van der Waals surface area (Å²) in [5.74, 6) is 0.550. The lowest BCUT2D eigenvalue weighted by molar-refractivity contribution is 0.0322. The maximum absolute atomic E-state index is 5.65. The maximum Gasteiger partial charge on any atom is 0.0628 e. The van der Waals surface area contributed by atoms with Crippen LogP contribution >= 0.6 is 0 Å². The summed E-state index contributed by atoms with van der Waals surface area (Å²) >= 11 is 0. The van der Waals surface area contributed by atoms with E-state index in [1.807, 2.05) is 0 Å². The topological polar surface area (TPSA) is 39.1 Å². The lowest BCUT2D eigenvalue weighted by Gasteiger charge is -2.31. The first-order chi connectivity index (χ1) is 9.78. The molecule has 2 rings (SSSR count). The van der Waals surface area contributed by atoms with Crippen LogP contribution in [0.15, 0.2) is 12.3 Å². The maximum atomic E-state index is 5.65. The van der Waals surface area contributed by atoms with Crippen molar-refractivity contribution in [2.75, 3.05) is 19.8 Å². The van der Waals surface area contributed by atoms with Gasteiger partial charge in [-0.15, -0.1) is 0 Å². The van der Waals surface area contributed by atoms with Gasteiger partial charge in [-0.3, -0.25) is 4.68 Å². The van der Waals surface area contributed by atoms with Crippen molar-refractivity contribution in [2.45, 2.75) is 58.5 Å². The second-order valence-electron chi connectivity index (χ2n) is 5.75. The van der Waals surface area contributed by atoms with Crippen LogP contribution in [0.3, 0.4) is 0 Å². The third-order valence-corrected chi connectivity index (χ3v) is 4.39. The standard InChI is InChI=1S/C16H29N3O/c1-4-15(5-2)19-9-7-14(18-19)11-13-12-20-10-8-16(13)17-6-3/h7,9,13,15-17H,4-6,8,10-12H2,1-3H3. The molecule has 4 heteroatoms. The highest BCUT2D eigenvalue weighted by molar-refractivity contribution is 5.03. The third-order valence-electron chi connectivity index (χ3n) is 4.39. The fraction of sp³-hybridized carbons (Fsp3) is 0.812. The number of hydrogen-bond acceptors (Lipinski definition) is 3. The molecule has 0 bridgehead atoms. The fourth-order valence-corrected chi connectivity index (χ4v) is 3.15. The Morgan fingerprint density at radius 2 is 2.20 bits per heavy atom. The summed E-state index contributed by atoms with van der Waals surface area (Å²) in [6.45, 7) is 9.40. The van der Waals surface area contributed by atoms with Gasteiger partial charge in [-0.25, -0.2) is 0 Å². The molecule has 0 saturated carbocycles. The van der Waals surface area contributed by atoms with Crippen molar-refractivity contribution in [1.82, 2.24) is 15.1 Å². The highest BCUT2D eigenvalue weighted by Gasteiger charge is 2.26. The molecule has 4 nitrogen and oxygen atoms in total. The van der Waals surface area contributed by atoms with Crippen molar-refractivity contribution in [3.05, 3.63) is 18.0 Å². The van der Waals surface area contributed by atoms with E-state index in [1.165, 1.54) is 5.69 Å². The molecule has 1 N–H and O–H groups in total. The minimum Gasteiger partial charge on any atom is -0.381 e. The largest absolute Gasteiger partial charge is 0.381 e. The normalized spacial score (nSPS) is 23.4. The Balaban J connectivity index is 1.97. The minimum atomic E-state index is 0.538. The smallest absolute Gasteiger partial charge is 0.0628 e. The zero-order valence-corrected chi connectivity index (χ0v) is 13.1. The predicted molar refractivity (Wildman–Crippen MR) is 81.9 cm³/mol. The molecule has 1 aliphatic heterocycles. The molecule has 2 unspecified atom stereocenters. The van der Waals surface area contributed by atoms with Crippen LogP contribution in [-0.2, 0) is 11.2 Å². The van der Waals surface area contributed by atoms with Crippen molar-refractivity contribution in [3.63, 3.8) is 0 Å². The van der Waals surface area contributed by atoms with Crippen molar-refractivity contribution in [2.24, 2.45) is 5.92 Å². The Hall–Kier alpha value is -0.870. The zero-order valence-electron chi connectivity index (χ0n) is 13.1. The lowest BCUT2D eigenvalue weighted by atomic mass is 9.91. The molecule has 1 aromatic rings. The van der Waals surface area contributed by atoms with Gasteiger partial charge >= 0.3 is 0 Å². The average Bonchev–Trinajstić information content (AvgIpc) is 2.91. The van der Waals surface area contributed by atoms with E-state index < -0.39 is 0 Å². The molecule has 1 fully saturated rings. The molecular weight excluding hydrogens is 250 g/mol. The van der Waals surface area contributed by atoms with E-state index in [0.29, 0.717) is 18.0 Å². The first-order valence-corrected chi connectivity index (χ1v) is 8.13. The van der Waals surface area contributed by atoms with Crippen molar-refractivity contribution < 1.29 is 4.74 Å². The van der Waals surface area contributed by atoms with E-state index in [0.717, 1.165) is 45.4 Å². The Kier molecular flexibility index (Phi) is 6.05. The molecule has 0 aromatic carbocycles.